The number of ketones is 1. The maximum atomic E-state index is 12.1. The van der Waals surface area contributed by atoms with E-state index in [4.69, 9.17) is 5.73 Å². The van der Waals surface area contributed by atoms with Crippen molar-refractivity contribution in [2.75, 3.05) is 6.54 Å². The molecule has 0 aliphatic heterocycles. The summed E-state index contributed by atoms with van der Waals surface area (Å²) in [6.07, 6.45) is 4.27. The molecule has 0 saturated carbocycles. The van der Waals surface area contributed by atoms with Gasteiger partial charge in [0, 0.05) is 25.2 Å². The summed E-state index contributed by atoms with van der Waals surface area (Å²) < 4.78 is 1.76. The molecule has 0 spiro atoms. The molecule has 0 aliphatic rings. The van der Waals surface area contributed by atoms with Crippen molar-refractivity contribution in [1.82, 2.24) is 9.78 Å². The van der Waals surface area contributed by atoms with E-state index in [0.29, 0.717) is 18.0 Å². The van der Waals surface area contributed by atoms with E-state index in [1.165, 1.54) is 0 Å². The molecule has 16 heavy (non-hydrogen) atoms. The molecule has 4 nitrogen and oxygen atoms in total. The van der Waals surface area contributed by atoms with Gasteiger partial charge in [-0.15, -0.1) is 0 Å². The van der Waals surface area contributed by atoms with Crippen LogP contribution < -0.4 is 5.73 Å². The first-order chi connectivity index (χ1) is 7.58. The molecule has 0 saturated heterocycles. The van der Waals surface area contributed by atoms with E-state index < -0.39 is 0 Å². The smallest absolute Gasteiger partial charge is 0.170 e. The van der Waals surface area contributed by atoms with E-state index in [0.717, 1.165) is 13.0 Å². The average Bonchev–Trinajstić information content (AvgIpc) is 2.73. The Bertz CT molecular complexity index is 344. The molecule has 0 amide bonds. The third-order valence-corrected chi connectivity index (χ3v) is 2.65. The largest absolute Gasteiger partial charge is 0.330 e. The molecule has 0 bridgehead atoms. The van der Waals surface area contributed by atoms with Gasteiger partial charge in [-0.25, -0.2) is 0 Å². The molecule has 2 N–H and O–H groups in total. The minimum Gasteiger partial charge on any atom is -0.330 e. The number of rotatable bonds is 6. The molecule has 0 aromatic carbocycles. The van der Waals surface area contributed by atoms with Crippen LogP contribution in [-0.2, 0) is 6.54 Å². The Morgan fingerprint density at radius 3 is 2.69 bits per heavy atom. The zero-order valence-corrected chi connectivity index (χ0v) is 10.3. The molecule has 0 fully saturated rings. The monoisotopic (exact) mass is 223 g/mol. The van der Waals surface area contributed by atoms with E-state index >= 15 is 0 Å². The highest BCUT2D eigenvalue weighted by molar-refractivity contribution is 5.97. The van der Waals surface area contributed by atoms with Gasteiger partial charge in [0.25, 0.3) is 0 Å². The highest BCUT2D eigenvalue weighted by Gasteiger charge is 2.20. The summed E-state index contributed by atoms with van der Waals surface area (Å²) in [5.74, 6) is 0.532. The summed E-state index contributed by atoms with van der Waals surface area (Å²) >= 11 is 0. The second-order valence-electron chi connectivity index (χ2n) is 4.51. The minimum absolute atomic E-state index is 0.0745. The number of hydrogen-bond acceptors (Lipinski definition) is 3. The number of carbonyl (C=O) groups excluding carboxylic acids is 1. The van der Waals surface area contributed by atoms with Crippen LogP contribution in [0.1, 0.15) is 37.6 Å². The summed E-state index contributed by atoms with van der Waals surface area (Å²) in [4.78, 5) is 12.1. The molecular weight excluding hydrogens is 202 g/mol. The van der Waals surface area contributed by atoms with Crippen LogP contribution in [0.2, 0.25) is 0 Å². The normalized spacial score (nSPS) is 13.1. The van der Waals surface area contributed by atoms with Gasteiger partial charge in [-0.2, -0.15) is 5.10 Å². The van der Waals surface area contributed by atoms with Crippen LogP contribution in [-0.4, -0.2) is 22.1 Å². The highest BCUT2D eigenvalue weighted by atomic mass is 16.1. The van der Waals surface area contributed by atoms with Crippen molar-refractivity contribution < 1.29 is 4.79 Å². The van der Waals surface area contributed by atoms with Crippen molar-refractivity contribution >= 4 is 5.78 Å². The molecule has 1 aromatic heterocycles. The minimum atomic E-state index is -0.0745. The van der Waals surface area contributed by atoms with Crippen LogP contribution in [0, 0.1) is 11.8 Å². The lowest BCUT2D eigenvalue weighted by Crippen LogP contribution is -2.25. The lowest BCUT2D eigenvalue weighted by atomic mass is 9.91. The standard InChI is InChI=1S/C12H21N3O/c1-4-15-8-11(7-14-15)12(16)10(6-13)5-9(2)3/h7-10H,4-6,13H2,1-3H3. The van der Waals surface area contributed by atoms with Crippen molar-refractivity contribution in [3.8, 4) is 0 Å². The van der Waals surface area contributed by atoms with E-state index in [1.807, 2.05) is 6.92 Å². The lowest BCUT2D eigenvalue weighted by Gasteiger charge is -2.14. The van der Waals surface area contributed by atoms with Gasteiger partial charge in [0.15, 0.2) is 5.78 Å². The van der Waals surface area contributed by atoms with Gasteiger partial charge in [0.05, 0.1) is 11.8 Å². The molecule has 4 heteroatoms. The Morgan fingerprint density at radius 2 is 2.25 bits per heavy atom. The zero-order valence-electron chi connectivity index (χ0n) is 10.3. The first-order valence-corrected chi connectivity index (χ1v) is 5.85. The predicted octanol–water partition coefficient (Wildman–Crippen LogP) is 1.71. The van der Waals surface area contributed by atoms with Crippen LogP contribution in [0.15, 0.2) is 12.4 Å². The third-order valence-electron chi connectivity index (χ3n) is 2.65. The molecule has 0 aliphatic carbocycles. The van der Waals surface area contributed by atoms with Crippen molar-refractivity contribution in [3.63, 3.8) is 0 Å². The third kappa shape index (κ3) is 3.17. The summed E-state index contributed by atoms with van der Waals surface area (Å²) in [6, 6.07) is 0. The van der Waals surface area contributed by atoms with Crippen LogP contribution in [0.4, 0.5) is 0 Å². The first-order valence-electron chi connectivity index (χ1n) is 5.85. The number of aromatic nitrogens is 2. The van der Waals surface area contributed by atoms with Gasteiger partial charge in [-0.05, 0) is 19.3 Å². The van der Waals surface area contributed by atoms with Gasteiger partial charge in [0.2, 0.25) is 0 Å². The molecule has 1 heterocycles. The maximum absolute atomic E-state index is 12.1. The molecule has 0 radical (unpaired) electrons. The number of carbonyl (C=O) groups is 1. The first kappa shape index (κ1) is 12.9. The van der Waals surface area contributed by atoms with Gasteiger partial charge < -0.3 is 5.73 Å². The number of hydrogen-bond donors (Lipinski definition) is 1. The number of nitrogens with zero attached hydrogens (tertiary/aromatic N) is 2. The van der Waals surface area contributed by atoms with Gasteiger partial charge in [-0.3, -0.25) is 9.48 Å². The zero-order chi connectivity index (χ0) is 12.1. The van der Waals surface area contributed by atoms with Gasteiger partial charge in [-0.1, -0.05) is 13.8 Å². The second kappa shape index (κ2) is 5.80. The van der Waals surface area contributed by atoms with Crippen LogP contribution in [0.5, 0.6) is 0 Å². The highest BCUT2D eigenvalue weighted by Crippen LogP contribution is 2.16. The Morgan fingerprint density at radius 1 is 1.56 bits per heavy atom. The van der Waals surface area contributed by atoms with Crippen molar-refractivity contribution in [1.29, 1.82) is 0 Å². The van der Waals surface area contributed by atoms with E-state index in [1.54, 1.807) is 17.1 Å². The van der Waals surface area contributed by atoms with E-state index in [-0.39, 0.29) is 11.7 Å². The van der Waals surface area contributed by atoms with Crippen LogP contribution >= 0.6 is 0 Å². The SMILES string of the molecule is CCn1cc(C(=O)C(CN)CC(C)C)cn1. The Labute approximate surface area is 96.8 Å². The maximum Gasteiger partial charge on any atom is 0.170 e. The average molecular weight is 223 g/mol. The van der Waals surface area contributed by atoms with E-state index in [9.17, 15) is 4.79 Å². The Hall–Kier alpha value is -1.16. The van der Waals surface area contributed by atoms with Gasteiger partial charge in [0.1, 0.15) is 0 Å². The van der Waals surface area contributed by atoms with Crippen molar-refractivity contribution in [2.24, 2.45) is 17.6 Å². The molecule has 1 aromatic rings. The summed E-state index contributed by atoms with van der Waals surface area (Å²) in [6.45, 7) is 7.39. The molecule has 1 atom stereocenters. The Balaban J connectivity index is 2.74. The lowest BCUT2D eigenvalue weighted by molar-refractivity contribution is 0.0908. The fourth-order valence-corrected chi connectivity index (χ4v) is 1.78. The molecular formula is C12H21N3O. The Kier molecular flexibility index (Phi) is 4.68. The quantitative estimate of drug-likeness (QED) is 0.747. The van der Waals surface area contributed by atoms with Gasteiger partial charge >= 0.3 is 0 Å². The summed E-state index contributed by atoms with van der Waals surface area (Å²) in [5, 5.41) is 4.11. The summed E-state index contributed by atoms with van der Waals surface area (Å²) in [5.41, 5.74) is 6.33. The second-order valence-corrected chi connectivity index (χ2v) is 4.51. The van der Waals surface area contributed by atoms with Crippen molar-refractivity contribution in [2.45, 2.75) is 33.7 Å². The fourth-order valence-electron chi connectivity index (χ4n) is 1.78. The van der Waals surface area contributed by atoms with Crippen LogP contribution in [0.25, 0.3) is 0 Å². The predicted molar refractivity (Wildman–Crippen MR) is 64.2 cm³/mol. The van der Waals surface area contributed by atoms with E-state index in [2.05, 4.69) is 18.9 Å². The van der Waals surface area contributed by atoms with Crippen molar-refractivity contribution in [3.05, 3.63) is 18.0 Å². The number of aryl methyl sites for hydroxylation is 1. The fraction of sp³-hybridized carbons (Fsp3) is 0.667. The topological polar surface area (TPSA) is 60.9 Å². The summed E-state index contributed by atoms with van der Waals surface area (Å²) in [7, 11) is 0. The molecule has 1 rings (SSSR count). The number of Topliss-reactive ketones (excluding diaryl/α,β-unsaturated/α-hetero) is 1. The molecule has 90 valence electrons. The van der Waals surface area contributed by atoms with Crippen LogP contribution in [0.3, 0.4) is 0 Å². The molecule has 1 unspecified atom stereocenters. The number of nitrogens with two attached hydrogens (primary N) is 1.